The van der Waals surface area contributed by atoms with Crippen molar-refractivity contribution in [1.29, 1.82) is 0 Å². The minimum atomic E-state index is -3.57. The van der Waals surface area contributed by atoms with Crippen LogP contribution in [0.3, 0.4) is 0 Å². The highest BCUT2D eigenvalue weighted by molar-refractivity contribution is 7.89. The van der Waals surface area contributed by atoms with E-state index in [1.165, 1.54) is 24.5 Å². The molecule has 0 radical (unpaired) electrons. The van der Waals surface area contributed by atoms with E-state index in [1.54, 1.807) is 6.92 Å². The average Bonchev–Trinajstić information content (AvgIpc) is 2.35. The predicted molar refractivity (Wildman–Crippen MR) is 66.1 cm³/mol. The van der Waals surface area contributed by atoms with Gasteiger partial charge in [0.2, 0.25) is 15.9 Å². The lowest BCUT2D eigenvalue weighted by Crippen LogP contribution is -2.41. The van der Waals surface area contributed by atoms with E-state index in [4.69, 9.17) is 5.73 Å². The van der Waals surface area contributed by atoms with Crippen molar-refractivity contribution >= 4 is 15.9 Å². The second kappa shape index (κ2) is 6.43. The van der Waals surface area contributed by atoms with Crippen molar-refractivity contribution in [3.63, 3.8) is 0 Å². The molecule has 0 aliphatic carbocycles. The number of carbonyl (C=O) groups is 1. The normalized spacial score (nSPS) is 13.0. The first-order valence-corrected chi connectivity index (χ1v) is 6.85. The molecule has 8 heteroatoms. The zero-order valence-corrected chi connectivity index (χ0v) is 10.8. The molecule has 1 heterocycles. The molecule has 1 aromatic heterocycles. The van der Waals surface area contributed by atoms with Gasteiger partial charge >= 0.3 is 0 Å². The molecule has 7 nitrogen and oxygen atoms in total. The molecule has 0 aliphatic rings. The van der Waals surface area contributed by atoms with Crippen LogP contribution < -0.4 is 15.8 Å². The maximum Gasteiger partial charge on any atom is 0.242 e. The fourth-order valence-electron chi connectivity index (χ4n) is 1.12. The summed E-state index contributed by atoms with van der Waals surface area (Å²) in [6, 6.07) is 2.36. The van der Waals surface area contributed by atoms with Crippen LogP contribution in [0.15, 0.2) is 29.4 Å². The summed E-state index contributed by atoms with van der Waals surface area (Å²) in [6.45, 7) is 1.82. The molecule has 0 spiro atoms. The van der Waals surface area contributed by atoms with Gasteiger partial charge in [-0.25, -0.2) is 13.1 Å². The maximum absolute atomic E-state index is 11.7. The number of sulfonamides is 1. The van der Waals surface area contributed by atoms with Crippen LogP contribution in [0.4, 0.5) is 0 Å². The Balaban J connectivity index is 2.42. The van der Waals surface area contributed by atoms with Gasteiger partial charge in [0.1, 0.15) is 4.90 Å². The summed E-state index contributed by atoms with van der Waals surface area (Å²) in [4.78, 5) is 14.9. The lowest BCUT2D eigenvalue weighted by molar-refractivity contribution is -0.121. The van der Waals surface area contributed by atoms with Crippen molar-refractivity contribution in [2.24, 2.45) is 5.73 Å². The number of nitrogens with one attached hydrogen (secondary N) is 2. The Kier molecular flexibility index (Phi) is 5.20. The molecular formula is C10H16N4O3S. The van der Waals surface area contributed by atoms with E-state index in [2.05, 4.69) is 15.0 Å². The van der Waals surface area contributed by atoms with Gasteiger partial charge in [0.15, 0.2) is 0 Å². The topological polar surface area (TPSA) is 114 Å². The number of aromatic nitrogens is 1. The van der Waals surface area contributed by atoms with E-state index in [-0.39, 0.29) is 23.9 Å². The number of nitrogens with zero attached hydrogens (tertiary/aromatic N) is 1. The summed E-state index contributed by atoms with van der Waals surface area (Å²) < 4.78 is 25.8. The number of hydrogen-bond donors (Lipinski definition) is 3. The number of pyridine rings is 1. The molecule has 0 saturated heterocycles. The lowest BCUT2D eigenvalue weighted by Gasteiger charge is -2.09. The van der Waals surface area contributed by atoms with Gasteiger partial charge in [0.25, 0.3) is 0 Å². The molecule has 0 saturated carbocycles. The standard InChI is InChI=1S/C10H16N4O3S/c1-8(11)10(15)13-5-6-14-18(16,17)9-3-2-4-12-7-9/h2-4,7-8,14H,5-6,11H2,1H3,(H,13,15). The Labute approximate surface area is 106 Å². The minimum absolute atomic E-state index is 0.0866. The van der Waals surface area contributed by atoms with Crippen LogP contribution >= 0.6 is 0 Å². The van der Waals surface area contributed by atoms with Crippen molar-refractivity contribution in [3.05, 3.63) is 24.5 Å². The third-order valence-electron chi connectivity index (χ3n) is 2.07. The van der Waals surface area contributed by atoms with Crippen LogP contribution in [0.2, 0.25) is 0 Å². The first kappa shape index (κ1) is 14.6. The molecular weight excluding hydrogens is 256 g/mol. The van der Waals surface area contributed by atoms with Crippen LogP contribution in [-0.4, -0.2) is 38.4 Å². The summed E-state index contributed by atoms with van der Waals surface area (Å²) in [7, 11) is -3.57. The van der Waals surface area contributed by atoms with Crippen molar-refractivity contribution in [2.45, 2.75) is 17.9 Å². The molecule has 1 atom stereocenters. The molecule has 100 valence electrons. The van der Waals surface area contributed by atoms with Gasteiger partial charge in [-0.3, -0.25) is 9.78 Å². The predicted octanol–water partition coefficient (Wildman–Crippen LogP) is -1.18. The molecule has 4 N–H and O–H groups in total. The zero-order chi connectivity index (χ0) is 13.6. The number of hydrogen-bond acceptors (Lipinski definition) is 5. The van der Waals surface area contributed by atoms with Gasteiger partial charge in [-0.2, -0.15) is 0 Å². The van der Waals surface area contributed by atoms with E-state index >= 15 is 0 Å². The third kappa shape index (κ3) is 4.40. The van der Waals surface area contributed by atoms with Crippen LogP contribution in [-0.2, 0) is 14.8 Å². The van der Waals surface area contributed by atoms with Gasteiger partial charge in [0, 0.05) is 25.5 Å². The van der Waals surface area contributed by atoms with Crippen molar-refractivity contribution in [2.75, 3.05) is 13.1 Å². The highest BCUT2D eigenvalue weighted by Crippen LogP contribution is 2.04. The van der Waals surface area contributed by atoms with Gasteiger partial charge in [0.05, 0.1) is 6.04 Å². The summed E-state index contributed by atoms with van der Waals surface area (Å²) in [5.74, 6) is -0.324. The molecule has 1 rings (SSSR count). The molecule has 0 bridgehead atoms. The van der Waals surface area contributed by atoms with Crippen LogP contribution in [0, 0.1) is 0 Å². The molecule has 1 amide bonds. The highest BCUT2D eigenvalue weighted by Gasteiger charge is 2.13. The maximum atomic E-state index is 11.7. The van der Waals surface area contributed by atoms with Crippen LogP contribution in [0.1, 0.15) is 6.92 Å². The number of amides is 1. The fraction of sp³-hybridized carbons (Fsp3) is 0.400. The second-order valence-corrected chi connectivity index (χ2v) is 5.43. The number of rotatable bonds is 6. The second-order valence-electron chi connectivity index (χ2n) is 3.67. The monoisotopic (exact) mass is 272 g/mol. The van der Waals surface area contributed by atoms with E-state index in [1.807, 2.05) is 0 Å². The van der Waals surface area contributed by atoms with E-state index in [0.29, 0.717) is 0 Å². The largest absolute Gasteiger partial charge is 0.353 e. The van der Waals surface area contributed by atoms with E-state index in [9.17, 15) is 13.2 Å². The number of carbonyl (C=O) groups excluding carboxylic acids is 1. The molecule has 0 aliphatic heterocycles. The molecule has 18 heavy (non-hydrogen) atoms. The summed E-state index contributed by atoms with van der Waals surface area (Å²) in [5, 5.41) is 2.50. The van der Waals surface area contributed by atoms with Crippen molar-refractivity contribution < 1.29 is 13.2 Å². The summed E-state index contributed by atoms with van der Waals surface area (Å²) >= 11 is 0. The van der Waals surface area contributed by atoms with Gasteiger partial charge < -0.3 is 11.1 Å². The Hall–Kier alpha value is -1.51. The number of nitrogens with two attached hydrogens (primary N) is 1. The van der Waals surface area contributed by atoms with E-state index < -0.39 is 16.1 Å². The third-order valence-corrected chi connectivity index (χ3v) is 3.52. The SMILES string of the molecule is CC(N)C(=O)NCCNS(=O)(=O)c1cccnc1. The quantitative estimate of drug-likeness (QED) is 0.564. The lowest BCUT2D eigenvalue weighted by atomic mass is 10.3. The highest BCUT2D eigenvalue weighted by atomic mass is 32.2. The first-order valence-electron chi connectivity index (χ1n) is 5.36. The summed E-state index contributed by atoms with van der Waals surface area (Å²) in [5.41, 5.74) is 5.34. The Morgan fingerprint density at radius 2 is 2.22 bits per heavy atom. The molecule has 1 aromatic rings. The van der Waals surface area contributed by atoms with Crippen molar-refractivity contribution in [1.82, 2.24) is 15.0 Å². The Morgan fingerprint density at radius 1 is 1.50 bits per heavy atom. The minimum Gasteiger partial charge on any atom is -0.353 e. The van der Waals surface area contributed by atoms with Crippen molar-refractivity contribution in [3.8, 4) is 0 Å². The fourth-order valence-corrected chi connectivity index (χ4v) is 2.12. The van der Waals surface area contributed by atoms with Gasteiger partial charge in [-0.15, -0.1) is 0 Å². The smallest absolute Gasteiger partial charge is 0.242 e. The molecule has 1 unspecified atom stereocenters. The molecule has 0 aromatic carbocycles. The first-order chi connectivity index (χ1) is 8.43. The Morgan fingerprint density at radius 3 is 2.78 bits per heavy atom. The zero-order valence-electron chi connectivity index (χ0n) is 9.96. The van der Waals surface area contributed by atoms with Crippen LogP contribution in [0.5, 0.6) is 0 Å². The van der Waals surface area contributed by atoms with Gasteiger partial charge in [-0.05, 0) is 19.1 Å². The van der Waals surface area contributed by atoms with Gasteiger partial charge in [-0.1, -0.05) is 0 Å². The average molecular weight is 272 g/mol. The van der Waals surface area contributed by atoms with Crippen LogP contribution in [0.25, 0.3) is 0 Å². The molecule has 0 fully saturated rings. The Bertz CT molecular complexity index is 487. The van der Waals surface area contributed by atoms with E-state index in [0.717, 1.165) is 0 Å². The summed E-state index contributed by atoms with van der Waals surface area (Å²) in [6.07, 6.45) is 2.74.